The molecule has 0 radical (unpaired) electrons. The predicted octanol–water partition coefficient (Wildman–Crippen LogP) is 0.430. The molecule has 0 unspecified atom stereocenters. The van der Waals surface area contributed by atoms with Gasteiger partial charge in [0.05, 0.1) is 0 Å². The molecule has 12 heavy (non-hydrogen) atoms. The summed E-state index contributed by atoms with van der Waals surface area (Å²) in [6.45, 7) is 0. The summed E-state index contributed by atoms with van der Waals surface area (Å²) in [5.41, 5.74) is 0. The average Bonchev–Trinajstić information content (AvgIpc) is 2.03. The molecule has 0 heterocycles. The molecule has 0 aromatic rings. The Labute approximate surface area is 94.5 Å². The third-order valence-electron chi connectivity index (χ3n) is 2.55. The topological polar surface area (TPSA) is 0 Å². The van der Waals surface area contributed by atoms with Crippen LogP contribution in [0.5, 0.6) is 0 Å². The zero-order valence-corrected chi connectivity index (χ0v) is 9.17. The van der Waals surface area contributed by atoms with E-state index in [9.17, 15) is 0 Å². The van der Waals surface area contributed by atoms with E-state index in [1.165, 1.54) is 57.8 Å². The maximum atomic E-state index is 5.34. The van der Waals surface area contributed by atoms with E-state index in [1.54, 1.807) is 0 Å². The van der Waals surface area contributed by atoms with E-state index in [0.29, 0.717) is 5.25 Å². The van der Waals surface area contributed by atoms with Gasteiger partial charge in [0, 0.05) is 0 Å². The predicted molar refractivity (Wildman–Crippen MR) is 52.7 cm³/mol. The van der Waals surface area contributed by atoms with E-state index in [1.807, 2.05) is 0 Å². The van der Waals surface area contributed by atoms with E-state index >= 15 is 0 Å². The molecule has 0 amide bonds. The Hall–Kier alpha value is 0.947. The van der Waals surface area contributed by atoms with E-state index in [-0.39, 0.29) is 18.9 Å². The van der Waals surface area contributed by atoms with Crippen molar-refractivity contribution in [2.45, 2.75) is 63.0 Å². The van der Waals surface area contributed by atoms with Crippen LogP contribution in [0.4, 0.5) is 0 Å². The molecule has 2 heteroatoms. The molecule has 0 bridgehead atoms. The van der Waals surface area contributed by atoms with Gasteiger partial charge in [0.1, 0.15) is 0 Å². The fourth-order valence-corrected chi connectivity index (χ4v) is 2.11. The Bertz CT molecular complexity index is 85.8. The quantitative estimate of drug-likeness (QED) is 0.383. The minimum Gasteiger partial charge on any atom is -0.789 e. The van der Waals surface area contributed by atoms with Gasteiger partial charge >= 0.3 is 18.9 Å². The summed E-state index contributed by atoms with van der Waals surface area (Å²) < 4.78 is 0. The monoisotopic (exact) mass is 178 g/mol. The Balaban J connectivity index is 0.00000121. The minimum atomic E-state index is 0. The van der Waals surface area contributed by atoms with Gasteiger partial charge < -0.3 is 12.6 Å². The molecular weight excluding hydrogens is 159 g/mol. The van der Waals surface area contributed by atoms with Crippen molar-refractivity contribution in [2.75, 3.05) is 0 Å². The maximum Gasteiger partial charge on any atom is 1.00 e. The molecule has 1 aliphatic carbocycles. The molecule has 1 saturated carbocycles. The van der Waals surface area contributed by atoms with Crippen molar-refractivity contribution in [3.8, 4) is 0 Å². The van der Waals surface area contributed by atoms with Crippen molar-refractivity contribution in [1.82, 2.24) is 0 Å². The molecule has 66 valence electrons. The first-order valence-corrected chi connectivity index (χ1v) is 5.52. The number of hydrogen-bond acceptors (Lipinski definition) is 1. The van der Waals surface area contributed by atoms with E-state index in [0.717, 1.165) is 0 Å². The van der Waals surface area contributed by atoms with Crippen molar-refractivity contribution >= 4 is 12.6 Å². The first-order valence-electron chi connectivity index (χ1n) is 5.05. The molecule has 1 rings (SSSR count). The molecule has 0 aromatic carbocycles. The Morgan fingerprint density at radius 2 is 1.00 bits per heavy atom. The van der Waals surface area contributed by atoms with Crippen LogP contribution in [0, 0.1) is 0 Å². The molecular formula is C10H19LiS. The third-order valence-corrected chi connectivity index (χ3v) is 3.02. The Kier molecular flexibility index (Phi) is 9.22. The van der Waals surface area contributed by atoms with Gasteiger partial charge in [-0.3, -0.25) is 0 Å². The van der Waals surface area contributed by atoms with E-state index in [2.05, 4.69) is 0 Å². The number of rotatable bonds is 0. The zero-order chi connectivity index (χ0) is 7.94. The van der Waals surface area contributed by atoms with Crippen LogP contribution in [-0.4, -0.2) is 5.25 Å². The molecule has 1 aliphatic rings. The molecule has 0 N–H and O–H groups in total. The van der Waals surface area contributed by atoms with Crippen molar-refractivity contribution < 1.29 is 18.9 Å². The molecule has 0 aromatic heterocycles. The summed E-state index contributed by atoms with van der Waals surface area (Å²) in [5, 5.41) is 0.591. The summed E-state index contributed by atoms with van der Waals surface area (Å²) in [4.78, 5) is 0. The fraction of sp³-hybridized carbons (Fsp3) is 1.00. The average molecular weight is 178 g/mol. The normalized spacial score (nSPS) is 22.8. The van der Waals surface area contributed by atoms with Crippen molar-refractivity contribution in [1.29, 1.82) is 0 Å². The van der Waals surface area contributed by atoms with Gasteiger partial charge in [-0.2, -0.15) is 5.25 Å². The van der Waals surface area contributed by atoms with Crippen molar-refractivity contribution in [2.24, 2.45) is 0 Å². The molecule has 1 fully saturated rings. The minimum absolute atomic E-state index is 0. The first kappa shape index (κ1) is 12.9. The zero-order valence-electron chi connectivity index (χ0n) is 8.35. The summed E-state index contributed by atoms with van der Waals surface area (Å²) in [6.07, 6.45) is 12.6. The summed E-state index contributed by atoms with van der Waals surface area (Å²) in [7, 11) is 0. The van der Waals surface area contributed by atoms with Crippen LogP contribution >= 0.6 is 0 Å². The SMILES string of the molecule is [Li+].[S-]C1CCCCCCCCC1. The van der Waals surface area contributed by atoms with E-state index < -0.39 is 0 Å². The van der Waals surface area contributed by atoms with Crippen LogP contribution in [0.15, 0.2) is 0 Å². The van der Waals surface area contributed by atoms with Crippen LogP contribution in [0.2, 0.25) is 0 Å². The molecule has 0 spiro atoms. The second-order valence-electron chi connectivity index (χ2n) is 3.67. The summed E-state index contributed by atoms with van der Waals surface area (Å²) >= 11 is 5.34. The second kappa shape index (κ2) is 8.54. The third kappa shape index (κ3) is 6.46. The molecule has 0 atom stereocenters. The largest absolute Gasteiger partial charge is 1.00 e. The van der Waals surface area contributed by atoms with Crippen molar-refractivity contribution in [3.05, 3.63) is 0 Å². The van der Waals surface area contributed by atoms with Crippen LogP contribution in [0.3, 0.4) is 0 Å². The van der Waals surface area contributed by atoms with Crippen LogP contribution in [0.1, 0.15) is 57.8 Å². The van der Waals surface area contributed by atoms with Gasteiger partial charge in [-0.1, -0.05) is 57.8 Å². The van der Waals surface area contributed by atoms with Gasteiger partial charge in [-0.05, 0) is 0 Å². The van der Waals surface area contributed by atoms with Gasteiger partial charge in [-0.25, -0.2) is 0 Å². The Morgan fingerprint density at radius 3 is 1.42 bits per heavy atom. The standard InChI is InChI=1S/C10H20S.Li/c11-10-8-6-4-2-1-3-5-7-9-10;/h10-11H,1-9H2;/q;+1/p-1. The van der Waals surface area contributed by atoms with E-state index in [4.69, 9.17) is 12.6 Å². The van der Waals surface area contributed by atoms with Gasteiger partial charge in [0.15, 0.2) is 0 Å². The Morgan fingerprint density at radius 1 is 0.667 bits per heavy atom. The smallest absolute Gasteiger partial charge is 0.789 e. The van der Waals surface area contributed by atoms with Gasteiger partial charge in [0.2, 0.25) is 0 Å². The van der Waals surface area contributed by atoms with Crippen molar-refractivity contribution in [3.63, 3.8) is 0 Å². The second-order valence-corrected chi connectivity index (χ2v) is 4.34. The van der Waals surface area contributed by atoms with Gasteiger partial charge in [-0.15, -0.1) is 0 Å². The van der Waals surface area contributed by atoms with Crippen LogP contribution in [0.25, 0.3) is 0 Å². The molecule has 0 saturated heterocycles. The molecule has 0 aliphatic heterocycles. The van der Waals surface area contributed by atoms with Crippen LogP contribution in [-0.2, 0) is 12.6 Å². The first-order chi connectivity index (χ1) is 5.39. The molecule has 0 nitrogen and oxygen atoms in total. The van der Waals surface area contributed by atoms with Gasteiger partial charge in [0.25, 0.3) is 0 Å². The number of hydrogen-bond donors (Lipinski definition) is 0. The fourth-order valence-electron chi connectivity index (χ4n) is 1.77. The summed E-state index contributed by atoms with van der Waals surface area (Å²) in [6, 6.07) is 0. The van der Waals surface area contributed by atoms with Crippen LogP contribution < -0.4 is 18.9 Å². The maximum absolute atomic E-state index is 5.34. The summed E-state index contributed by atoms with van der Waals surface area (Å²) in [5.74, 6) is 0.